The molecule has 0 N–H and O–H groups in total. The Hall–Kier alpha value is -4.44. The van der Waals surface area contributed by atoms with Crippen molar-refractivity contribution in [3.63, 3.8) is 0 Å². The molecule has 2 aliphatic rings. The van der Waals surface area contributed by atoms with E-state index in [-0.39, 0.29) is 23.7 Å². The number of fused-ring (bicyclic) bond motifs is 1. The second-order valence-electron chi connectivity index (χ2n) is 9.73. The summed E-state index contributed by atoms with van der Waals surface area (Å²) in [6.45, 7) is 2.01. The maximum atomic E-state index is 14.0. The highest BCUT2D eigenvalue weighted by atomic mass is 16.5. The predicted molar refractivity (Wildman–Crippen MR) is 145 cm³/mol. The Bertz CT molecular complexity index is 1390. The number of hydrogen-bond acceptors (Lipinski definition) is 3. The summed E-state index contributed by atoms with van der Waals surface area (Å²) in [4.78, 5) is 29.3. The molecule has 1 aliphatic heterocycles. The number of imide groups is 1. The lowest BCUT2D eigenvalue weighted by molar-refractivity contribution is -0.122. The molecule has 4 aromatic rings. The fourth-order valence-corrected chi connectivity index (χ4v) is 5.67. The molecule has 6 rings (SSSR count). The molecule has 0 saturated carbocycles. The van der Waals surface area contributed by atoms with Crippen LogP contribution in [-0.4, -0.2) is 11.8 Å². The monoisotopic (exact) mass is 485 g/mol. The Morgan fingerprint density at radius 1 is 0.595 bits per heavy atom. The smallest absolute Gasteiger partial charge is 0.238 e. The number of hydrogen-bond donors (Lipinski definition) is 0. The lowest BCUT2D eigenvalue weighted by Gasteiger charge is -2.32. The van der Waals surface area contributed by atoms with Gasteiger partial charge in [0.2, 0.25) is 11.8 Å². The Morgan fingerprint density at radius 2 is 1.14 bits per heavy atom. The molecule has 1 aliphatic carbocycles. The average molecular weight is 486 g/mol. The van der Waals surface area contributed by atoms with Gasteiger partial charge in [0.05, 0.1) is 17.5 Å². The minimum absolute atomic E-state index is 0.151. The van der Waals surface area contributed by atoms with Crippen LogP contribution in [0.25, 0.3) is 0 Å². The van der Waals surface area contributed by atoms with E-state index in [9.17, 15) is 9.59 Å². The Morgan fingerprint density at radius 3 is 1.65 bits per heavy atom. The minimum Gasteiger partial charge on any atom is -0.457 e. The van der Waals surface area contributed by atoms with E-state index in [1.54, 1.807) is 12.1 Å². The Balaban J connectivity index is 1.34. The van der Waals surface area contributed by atoms with Gasteiger partial charge >= 0.3 is 0 Å². The molecule has 0 bridgehead atoms. The zero-order valence-corrected chi connectivity index (χ0v) is 20.5. The van der Waals surface area contributed by atoms with Crippen molar-refractivity contribution in [3.05, 3.63) is 138 Å². The molecule has 0 radical (unpaired) electrons. The molecule has 0 aromatic heterocycles. The van der Waals surface area contributed by atoms with Crippen molar-refractivity contribution in [1.82, 2.24) is 0 Å². The van der Waals surface area contributed by atoms with Gasteiger partial charge < -0.3 is 4.74 Å². The number of carbonyl (C=O) groups excluding carboxylic acids is 2. The maximum Gasteiger partial charge on any atom is 0.238 e. The molecule has 182 valence electrons. The maximum absolute atomic E-state index is 14.0. The topological polar surface area (TPSA) is 46.6 Å². The highest BCUT2D eigenvalue weighted by Crippen LogP contribution is 2.50. The normalized spacial score (nSPS) is 22.7. The summed E-state index contributed by atoms with van der Waals surface area (Å²) in [5.74, 6) is -0.149. The molecular formula is C33H27NO3. The van der Waals surface area contributed by atoms with E-state index in [2.05, 4.69) is 12.2 Å². The van der Waals surface area contributed by atoms with Crippen LogP contribution in [0.4, 0.5) is 5.69 Å². The van der Waals surface area contributed by atoms with Crippen LogP contribution in [0.15, 0.2) is 121 Å². The van der Waals surface area contributed by atoms with Gasteiger partial charge in [-0.25, -0.2) is 4.90 Å². The van der Waals surface area contributed by atoms with Gasteiger partial charge in [-0.05, 0) is 60.0 Å². The highest BCUT2D eigenvalue weighted by Gasteiger charge is 2.55. The summed E-state index contributed by atoms with van der Waals surface area (Å²) in [6.07, 6.45) is 4.23. The van der Waals surface area contributed by atoms with Gasteiger partial charge in [-0.2, -0.15) is 0 Å². The van der Waals surface area contributed by atoms with Gasteiger partial charge in [0.15, 0.2) is 0 Å². The molecule has 4 atom stereocenters. The van der Waals surface area contributed by atoms with Gasteiger partial charge in [0.1, 0.15) is 11.5 Å². The Labute approximate surface area is 216 Å². The first-order valence-electron chi connectivity index (χ1n) is 12.6. The van der Waals surface area contributed by atoms with E-state index in [1.165, 1.54) is 4.90 Å². The molecule has 4 aromatic carbocycles. The van der Waals surface area contributed by atoms with E-state index in [4.69, 9.17) is 4.74 Å². The number of amides is 2. The third kappa shape index (κ3) is 4.25. The fraction of sp³-hybridized carbons (Fsp3) is 0.152. The number of nitrogens with zero attached hydrogens (tertiary/aromatic N) is 1. The molecule has 1 heterocycles. The molecular weight excluding hydrogens is 458 g/mol. The first-order chi connectivity index (χ1) is 18.1. The van der Waals surface area contributed by atoms with Gasteiger partial charge in [-0.1, -0.05) is 84.9 Å². The molecule has 0 spiro atoms. The summed E-state index contributed by atoms with van der Waals surface area (Å²) in [5, 5.41) is 0. The van der Waals surface area contributed by atoms with Crippen molar-refractivity contribution in [3.8, 4) is 11.5 Å². The Kier molecular flexibility index (Phi) is 5.93. The quantitative estimate of drug-likeness (QED) is 0.225. The average Bonchev–Trinajstić information content (AvgIpc) is 3.20. The van der Waals surface area contributed by atoms with Crippen molar-refractivity contribution in [2.75, 3.05) is 4.90 Å². The first kappa shape index (κ1) is 23.0. The van der Waals surface area contributed by atoms with Gasteiger partial charge in [0.25, 0.3) is 0 Å². The third-order valence-electron chi connectivity index (χ3n) is 7.39. The number of allylic oxidation sites excluding steroid dienone is 2. The van der Waals surface area contributed by atoms with E-state index >= 15 is 0 Å². The first-order valence-corrected chi connectivity index (χ1v) is 12.6. The molecule has 4 nitrogen and oxygen atoms in total. The van der Waals surface area contributed by atoms with Crippen molar-refractivity contribution >= 4 is 17.5 Å². The van der Waals surface area contributed by atoms with Crippen molar-refractivity contribution < 1.29 is 14.3 Å². The number of benzene rings is 4. The van der Waals surface area contributed by atoms with Gasteiger partial charge in [0, 0.05) is 11.8 Å². The standard InChI is InChI=1S/C33H27NO3/c1-22-9-8-14-27(21-22)37-26-17-15-25(16-18-26)34-32(35)30-28(23-10-4-2-5-11-23)19-20-29(31(30)33(34)36)24-12-6-3-7-13-24/h2-21,28-31H,1H3/t28-,29-,30+,31+/m0/s1. The lowest BCUT2D eigenvalue weighted by Crippen LogP contribution is -2.31. The summed E-state index contributed by atoms with van der Waals surface area (Å²) >= 11 is 0. The third-order valence-corrected chi connectivity index (χ3v) is 7.39. The number of aryl methyl sites for hydroxylation is 1. The van der Waals surface area contributed by atoms with Crippen LogP contribution in [0, 0.1) is 18.8 Å². The molecule has 37 heavy (non-hydrogen) atoms. The van der Waals surface area contributed by atoms with Crippen LogP contribution in [0.3, 0.4) is 0 Å². The number of ether oxygens (including phenoxy) is 1. The number of carbonyl (C=O) groups is 2. The predicted octanol–water partition coefficient (Wildman–Crippen LogP) is 7.03. The molecule has 1 saturated heterocycles. The minimum atomic E-state index is -0.465. The summed E-state index contributed by atoms with van der Waals surface area (Å²) in [7, 11) is 0. The second-order valence-corrected chi connectivity index (χ2v) is 9.73. The SMILES string of the molecule is Cc1cccc(Oc2ccc(N3C(=O)[C@H]4[C@H](C3=O)[C@H](c3ccccc3)C=C[C@H]4c3ccccc3)cc2)c1. The van der Waals surface area contributed by atoms with E-state index in [0.717, 1.165) is 22.4 Å². The van der Waals surface area contributed by atoms with Crippen molar-refractivity contribution in [1.29, 1.82) is 0 Å². The lowest BCUT2D eigenvalue weighted by atomic mass is 9.68. The van der Waals surface area contributed by atoms with Crippen LogP contribution in [0.1, 0.15) is 28.5 Å². The molecule has 2 amide bonds. The zero-order valence-electron chi connectivity index (χ0n) is 20.5. The van der Waals surface area contributed by atoms with Crippen molar-refractivity contribution in [2.45, 2.75) is 18.8 Å². The largest absolute Gasteiger partial charge is 0.457 e. The van der Waals surface area contributed by atoms with Crippen LogP contribution in [0.2, 0.25) is 0 Å². The number of rotatable bonds is 5. The van der Waals surface area contributed by atoms with E-state index in [1.807, 2.05) is 104 Å². The molecule has 1 fully saturated rings. The summed E-state index contributed by atoms with van der Waals surface area (Å²) in [5.41, 5.74) is 3.77. The van der Waals surface area contributed by atoms with E-state index in [0.29, 0.717) is 11.4 Å². The zero-order chi connectivity index (χ0) is 25.4. The van der Waals surface area contributed by atoms with Crippen LogP contribution in [0.5, 0.6) is 11.5 Å². The summed E-state index contributed by atoms with van der Waals surface area (Å²) in [6, 6.07) is 35.0. The molecule has 4 heteroatoms. The second kappa shape index (κ2) is 9.55. The number of anilines is 1. The fourth-order valence-electron chi connectivity index (χ4n) is 5.67. The van der Waals surface area contributed by atoms with Crippen LogP contribution in [-0.2, 0) is 9.59 Å². The van der Waals surface area contributed by atoms with Crippen molar-refractivity contribution in [2.24, 2.45) is 11.8 Å². The highest BCUT2D eigenvalue weighted by molar-refractivity contribution is 6.23. The summed E-state index contributed by atoms with van der Waals surface area (Å²) < 4.78 is 5.98. The molecule has 0 unspecified atom stereocenters. The van der Waals surface area contributed by atoms with Gasteiger partial charge in [-0.15, -0.1) is 0 Å². The van der Waals surface area contributed by atoms with E-state index < -0.39 is 11.8 Å². The van der Waals surface area contributed by atoms with Gasteiger partial charge in [-0.3, -0.25) is 9.59 Å². The van der Waals surface area contributed by atoms with Crippen LogP contribution < -0.4 is 9.64 Å². The van der Waals surface area contributed by atoms with Crippen LogP contribution >= 0.6 is 0 Å².